The highest BCUT2D eigenvalue weighted by Gasteiger charge is 2.14. The molecule has 0 aliphatic rings. The molecule has 2 N–H and O–H groups in total. The van der Waals surface area contributed by atoms with E-state index in [1.807, 2.05) is 18.5 Å². The van der Waals surface area contributed by atoms with Crippen LogP contribution in [0.5, 0.6) is 0 Å². The van der Waals surface area contributed by atoms with Gasteiger partial charge in [0.05, 0.1) is 11.4 Å². The summed E-state index contributed by atoms with van der Waals surface area (Å²) in [6, 6.07) is 6.62. The monoisotopic (exact) mass is 243 g/mol. The zero-order valence-corrected chi connectivity index (χ0v) is 11.8. The molecule has 3 nitrogen and oxygen atoms in total. The fourth-order valence-corrected chi connectivity index (χ4v) is 2.29. The Balaban J connectivity index is 2.66. The molecule has 18 heavy (non-hydrogen) atoms. The lowest BCUT2D eigenvalue weighted by Crippen LogP contribution is -2.00. The lowest BCUT2D eigenvalue weighted by atomic mass is 9.96. The van der Waals surface area contributed by atoms with Crippen molar-refractivity contribution < 1.29 is 0 Å². The Bertz CT molecular complexity index is 580. The third-order valence-electron chi connectivity index (χ3n) is 3.49. The van der Waals surface area contributed by atoms with E-state index in [9.17, 15) is 0 Å². The van der Waals surface area contributed by atoms with Gasteiger partial charge < -0.3 is 10.3 Å². The minimum Gasteiger partial charge on any atom is -0.369 e. The van der Waals surface area contributed by atoms with Crippen molar-refractivity contribution in [3.05, 3.63) is 35.0 Å². The Morgan fingerprint density at radius 3 is 2.39 bits per heavy atom. The number of nitrogens with two attached hydrogens (primary N) is 1. The molecule has 1 aromatic carbocycles. The first kappa shape index (κ1) is 12.7. The highest BCUT2D eigenvalue weighted by molar-refractivity contribution is 5.69. The maximum Gasteiger partial charge on any atom is 0.200 e. The van der Waals surface area contributed by atoms with Gasteiger partial charge in [-0.2, -0.15) is 0 Å². The summed E-state index contributed by atoms with van der Waals surface area (Å²) in [4.78, 5) is 4.34. The van der Waals surface area contributed by atoms with Gasteiger partial charge in [0.1, 0.15) is 0 Å². The van der Waals surface area contributed by atoms with E-state index in [1.54, 1.807) is 0 Å². The van der Waals surface area contributed by atoms with Crippen LogP contribution in [0.1, 0.15) is 36.6 Å². The van der Waals surface area contributed by atoms with Gasteiger partial charge >= 0.3 is 0 Å². The SMILES string of the molecule is Cc1ccc(C(C)C)cc1-c1c(C)nc(N)n1C. The van der Waals surface area contributed by atoms with Crippen molar-refractivity contribution in [2.75, 3.05) is 5.73 Å². The highest BCUT2D eigenvalue weighted by atomic mass is 15.1. The minimum absolute atomic E-state index is 0.523. The van der Waals surface area contributed by atoms with Crippen LogP contribution < -0.4 is 5.73 Å². The van der Waals surface area contributed by atoms with Gasteiger partial charge in [-0.1, -0.05) is 26.0 Å². The molecule has 1 aromatic heterocycles. The molecule has 0 amide bonds. The van der Waals surface area contributed by atoms with Crippen molar-refractivity contribution in [3.8, 4) is 11.3 Å². The van der Waals surface area contributed by atoms with Gasteiger partial charge in [0.15, 0.2) is 0 Å². The van der Waals surface area contributed by atoms with Crippen LogP contribution in [-0.4, -0.2) is 9.55 Å². The number of aromatic nitrogens is 2. The largest absolute Gasteiger partial charge is 0.369 e. The van der Waals surface area contributed by atoms with Crippen molar-refractivity contribution in [1.29, 1.82) is 0 Å². The number of imidazole rings is 1. The van der Waals surface area contributed by atoms with Crippen molar-refractivity contribution in [2.45, 2.75) is 33.6 Å². The Morgan fingerprint density at radius 2 is 1.89 bits per heavy atom. The van der Waals surface area contributed by atoms with Crippen LogP contribution in [0.2, 0.25) is 0 Å². The number of rotatable bonds is 2. The quantitative estimate of drug-likeness (QED) is 0.878. The topological polar surface area (TPSA) is 43.8 Å². The number of benzene rings is 1. The zero-order chi connectivity index (χ0) is 13.4. The molecule has 0 aliphatic heterocycles. The minimum atomic E-state index is 0.523. The van der Waals surface area contributed by atoms with Crippen LogP contribution in [0.25, 0.3) is 11.3 Å². The molecule has 2 rings (SSSR count). The third kappa shape index (κ3) is 2.01. The Labute approximate surface area is 109 Å². The normalized spacial score (nSPS) is 11.2. The van der Waals surface area contributed by atoms with Crippen molar-refractivity contribution in [2.24, 2.45) is 7.05 Å². The summed E-state index contributed by atoms with van der Waals surface area (Å²) in [5.74, 6) is 1.09. The maximum atomic E-state index is 5.88. The van der Waals surface area contributed by atoms with Gasteiger partial charge in [-0.15, -0.1) is 0 Å². The molecule has 0 saturated heterocycles. The van der Waals surface area contributed by atoms with Gasteiger partial charge in [-0.05, 0) is 37.0 Å². The molecular formula is C15H21N3. The molecule has 0 fully saturated rings. The standard InChI is InChI=1S/C15H21N3/c1-9(2)12-7-6-10(3)13(8-12)14-11(4)17-15(16)18(14)5/h6-9H,1-5H3,(H2,16,17). The summed E-state index contributed by atoms with van der Waals surface area (Å²) < 4.78 is 1.96. The van der Waals surface area contributed by atoms with Crippen molar-refractivity contribution >= 4 is 5.95 Å². The Morgan fingerprint density at radius 1 is 1.22 bits per heavy atom. The number of hydrogen-bond donors (Lipinski definition) is 1. The van der Waals surface area contributed by atoms with E-state index in [2.05, 4.69) is 44.0 Å². The number of hydrogen-bond acceptors (Lipinski definition) is 2. The fourth-order valence-electron chi connectivity index (χ4n) is 2.29. The van der Waals surface area contributed by atoms with Gasteiger partial charge in [-0.3, -0.25) is 0 Å². The molecule has 0 unspecified atom stereocenters. The smallest absolute Gasteiger partial charge is 0.200 e. The third-order valence-corrected chi connectivity index (χ3v) is 3.49. The first-order valence-corrected chi connectivity index (χ1v) is 6.31. The Kier molecular flexibility index (Phi) is 3.16. The van der Waals surface area contributed by atoms with Crippen LogP contribution in [-0.2, 0) is 7.05 Å². The highest BCUT2D eigenvalue weighted by Crippen LogP contribution is 2.30. The molecule has 0 bridgehead atoms. The van der Waals surface area contributed by atoms with Crippen molar-refractivity contribution in [1.82, 2.24) is 9.55 Å². The molecule has 96 valence electrons. The first-order valence-electron chi connectivity index (χ1n) is 6.31. The van der Waals surface area contributed by atoms with Crippen molar-refractivity contribution in [3.63, 3.8) is 0 Å². The van der Waals surface area contributed by atoms with Crippen LogP contribution in [0, 0.1) is 13.8 Å². The van der Waals surface area contributed by atoms with E-state index < -0.39 is 0 Å². The van der Waals surface area contributed by atoms with Gasteiger partial charge in [0.25, 0.3) is 0 Å². The average molecular weight is 243 g/mol. The van der Waals surface area contributed by atoms with Crippen LogP contribution in [0.3, 0.4) is 0 Å². The fraction of sp³-hybridized carbons (Fsp3) is 0.400. The Hall–Kier alpha value is -1.77. The van der Waals surface area contributed by atoms with E-state index in [4.69, 9.17) is 5.73 Å². The second kappa shape index (κ2) is 4.48. The summed E-state index contributed by atoms with van der Waals surface area (Å²) in [7, 11) is 1.96. The summed E-state index contributed by atoms with van der Waals surface area (Å²) in [6.45, 7) is 8.55. The second-order valence-electron chi connectivity index (χ2n) is 5.19. The molecule has 0 radical (unpaired) electrons. The number of aryl methyl sites for hydroxylation is 2. The van der Waals surface area contributed by atoms with E-state index in [1.165, 1.54) is 16.7 Å². The molecule has 0 aliphatic carbocycles. The predicted molar refractivity (Wildman–Crippen MR) is 76.6 cm³/mol. The molecule has 3 heteroatoms. The molecule has 0 saturated carbocycles. The molecule has 0 atom stereocenters. The van der Waals surface area contributed by atoms with E-state index in [0.717, 1.165) is 11.4 Å². The number of anilines is 1. The lowest BCUT2D eigenvalue weighted by Gasteiger charge is -2.13. The lowest BCUT2D eigenvalue weighted by molar-refractivity contribution is 0.865. The van der Waals surface area contributed by atoms with Crippen LogP contribution in [0.15, 0.2) is 18.2 Å². The van der Waals surface area contributed by atoms with Crippen LogP contribution >= 0.6 is 0 Å². The predicted octanol–water partition coefficient (Wildman–Crippen LogP) is 3.41. The van der Waals surface area contributed by atoms with Gasteiger partial charge in [0, 0.05) is 12.6 Å². The van der Waals surface area contributed by atoms with Gasteiger partial charge in [-0.25, -0.2) is 4.98 Å². The van der Waals surface area contributed by atoms with E-state index in [0.29, 0.717) is 11.9 Å². The molecule has 1 heterocycles. The second-order valence-corrected chi connectivity index (χ2v) is 5.19. The van der Waals surface area contributed by atoms with E-state index in [-0.39, 0.29) is 0 Å². The summed E-state index contributed by atoms with van der Waals surface area (Å²) >= 11 is 0. The van der Waals surface area contributed by atoms with E-state index >= 15 is 0 Å². The number of nitrogens with zero attached hydrogens (tertiary/aromatic N) is 2. The maximum absolute atomic E-state index is 5.88. The van der Waals surface area contributed by atoms with Gasteiger partial charge in [0.2, 0.25) is 5.95 Å². The first-order chi connectivity index (χ1) is 8.41. The average Bonchev–Trinajstić information content (AvgIpc) is 2.54. The molecule has 0 spiro atoms. The molecule has 2 aromatic rings. The van der Waals surface area contributed by atoms with Crippen LogP contribution in [0.4, 0.5) is 5.95 Å². The summed E-state index contributed by atoms with van der Waals surface area (Å²) in [5.41, 5.74) is 11.8. The number of nitrogen functional groups attached to an aromatic ring is 1. The summed E-state index contributed by atoms with van der Waals surface area (Å²) in [5, 5.41) is 0. The summed E-state index contributed by atoms with van der Waals surface area (Å²) in [6.07, 6.45) is 0. The molecular weight excluding hydrogens is 222 g/mol. The zero-order valence-electron chi connectivity index (χ0n) is 11.8.